The van der Waals surface area contributed by atoms with Crippen molar-refractivity contribution in [3.8, 4) is 0 Å². The maximum Gasteiger partial charge on any atom is 0.0824 e. The lowest BCUT2D eigenvalue weighted by molar-refractivity contribution is -0.0134. The van der Waals surface area contributed by atoms with Crippen molar-refractivity contribution in [2.24, 2.45) is 5.92 Å². The molecule has 0 fully saturated rings. The first kappa shape index (κ1) is 35.9. The molecule has 0 radical (unpaired) electrons. The third kappa shape index (κ3) is 25.6. The highest BCUT2D eigenvalue weighted by Crippen LogP contribution is 2.24. The predicted molar refractivity (Wildman–Crippen MR) is 162 cm³/mol. The van der Waals surface area contributed by atoms with E-state index in [2.05, 4.69) is 13.8 Å². The van der Waals surface area contributed by atoms with E-state index in [1.165, 1.54) is 167 Å². The van der Waals surface area contributed by atoms with Crippen LogP contribution in [0.1, 0.15) is 201 Å². The Morgan fingerprint density at radius 2 is 0.583 bits per heavy atom. The van der Waals surface area contributed by atoms with Gasteiger partial charge in [-0.1, -0.05) is 181 Å². The number of hydrogen-bond donors (Lipinski definition) is 2. The molecule has 0 heterocycles. The van der Waals surface area contributed by atoms with Gasteiger partial charge in [-0.05, 0) is 25.7 Å². The molecule has 3 atom stereocenters. The van der Waals surface area contributed by atoms with Gasteiger partial charge in [-0.25, -0.2) is 0 Å². The zero-order valence-electron chi connectivity index (χ0n) is 25.4. The third-order valence-electron chi connectivity index (χ3n) is 8.33. The van der Waals surface area contributed by atoms with E-state index in [0.29, 0.717) is 0 Å². The Kier molecular flexibility index (Phi) is 29.4. The molecule has 2 nitrogen and oxygen atoms in total. The minimum atomic E-state index is -0.598. The molecule has 0 saturated heterocycles. The summed E-state index contributed by atoms with van der Waals surface area (Å²) < 4.78 is 0. The van der Waals surface area contributed by atoms with Crippen molar-refractivity contribution in [2.75, 3.05) is 0 Å². The molecule has 218 valence electrons. The fraction of sp³-hybridized carbons (Fsp3) is 1.00. The lowest BCUT2D eigenvalue weighted by atomic mass is 9.87. The summed E-state index contributed by atoms with van der Waals surface area (Å²) in [7, 11) is 0. The minimum absolute atomic E-state index is 0.283. The van der Waals surface area contributed by atoms with Crippen molar-refractivity contribution < 1.29 is 10.2 Å². The van der Waals surface area contributed by atoms with Crippen LogP contribution >= 0.6 is 0 Å². The van der Waals surface area contributed by atoms with Gasteiger partial charge in [-0.15, -0.1) is 0 Å². The molecule has 0 aromatic heterocycles. The van der Waals surface area contributed by atoms with Crippen molar-refractivity contribution in [1.82, 2.24) is 0 Å². The maximum absolute atomic E-state index is 10.5. The Morgan fingerprint density at radius 3 is 0.806 bits per heavy atom. The average Bonchev–Trinajstić information content (AvgIpc) is 2.87. The largest absolute Gasteiger partial charge is 0.391 e. The Hall–Kier alpha value is -0.0800. The molecule has 0 spiro atoms. The van der Waals surface area contributed by atoms with E-state index in [9.17, 15) is 10.2 Å². The van der Waals surface area contributed by atoms with Crippen LogP contribution in [0, 0.1) is 5.92 Å². The van der Waals surface area contributed by atoms with Crippen LogP contribution in [0.4, 0.5) is 0 Å². The van der Waals surface area contributed by atoms with Crippen LogP contribution in [-0.2, 0) is 0 Å². The monoisotopic (exact) mass is 511 g/mol. The van der Waals surface area contributed by atoms with Gasteiger partial charge in [0.25, 0.3) is 0 Å². The Morgan fingerprint density at radius 1 is 0.361 bits per heavy atom. The molecule has 0 saturated carbocycles. The normalized spacial score (nSPS) is 14.2. The molecular weight excluding hydrogens is 440 g/mol. The first-order chi connectivity index (χ1) is 17.6. The zero-order valence-corrected chi connectivity index (χ0v) is 25.4. The highest BCUT2D eigenvalue weighted by Gasteiger charge is 2.22. The Balaban J connectivity index is 3.64. The molecule has 36 heavy (non-hydrogen) atoms. The van der Waals surface area contributed by atoms with Crippen LogP contribution in [0.25, 0.3) is 0 Å². The summed E-state index contributed by atoms with van der Waals surface area (Å²) in [5.41, 5.74) is 0. The topological polar surface area (TPSA) is 40.5 Å². The molecule has 2 N–H and O–H groups in total. The van der Waals surface area contributed by atoms with Gasteiger partial charge >= 0.3 is 0 Å². The summed E-state index contributed by atoms with van der Waals surface area (Å²) in [5, 5.41) is 20.5. The maximum atomic E-state index is 10.5. The van der Waals surface area contributed by atoms with E-state index >= 15 is 0 Å². The molecule has 0 amide bonds. The minimum Gasteiger partial charge on any atom is -0.391 e. The van der Waals surface area contributed by atoms with E-state index in [-0.39, 0.29) is 5.92 Å². The number of aliphatic hydroxyl groups excluding tert-OH is 2. The highest BCUT2D eigenvalue weighted by atomic mass is 16.3. The smallest absolute Gasteiger partial charge is 0.0824 e. The molecular formula is C34H70O2. The second-order valence-electron chi connectivity index (χ2n) is 12.1. The molecule has 0 aliphatic carbocycles. The van der Waals surface area contributed by atoms with Crippen molar-refractivity contribution in [1.29, 1.82) is 0 Å². The van der Waals surface area contributed by atoms with E-state index in [4.69, 9.17) is 0 Å². The molecule has 0 aliphatic heterocycles. The van der Waals surface area contributed by atoms with Gasteiger partial charge < -0.3 is 10.2 Å². The first-order valence-electron chi connectivity index (χ1n) is 17.0. The van der Waals surface area contributed by atoms with Gasteiger partial charge in [-0.3, -0.25) is 0 Å². The van der Waals surface area contributed by atoms with Crippen molar-refractivity contribution in [3.05, 3.63) is 0 Å². The quantitative estimate of drug-likeness (QED) is 0.0943. The summed E-state index contributed by atoms with van der Waals surface area (Å²) in [6.07, 6.45) is 36.9. The van der Waals surface area contributed by atoms with Gasteiger partial charge in [-0.2, -0.15) is 0 Å². The third-order valence-corrected chi connectivity index (χ3v) is 8.33. The van der Waals surface area contributed by atoms with E-state index in [0.717, 1.165) is 12.8 Å². The highest BCUT2D eigenvalue weighted by molar-refractivity contribution is 4.73. The van der Waals surface area contributed by atoms with Gasteiger partial charge in [0.05, 0.1) is 12.2 Å². The van der Waals surface area contributed by atoms with Crippen LogP contribution in [0.15, 0.2) is 0 Å². The first-order valence-corrected chi connectivity index (χ1v) is 17.0. The summed E-state index contributed by atoms with van der Waals surface area (Å²) in [4.78, 5) is 0. The van der Waals surface area contributed by atoms with Gasteiger partial charge in [0.1, 0.15) is 0 Å². The van der Waals surface area contributed by atoms with Crippen LogP contribution < -0.4 is 0 Å². The predicted octanol–water partition coefficient (Wildman–Crippen LogP) is 11.3. The molecule has 2 heteroatoms. The second-order valence-corrected chi connectivity index (χ2v) is 12.1. The second kappa shape index (κ2) is 29.5. The van der Waals surface area contributed by atoms with Crippen LogP contribution in [-0.4, -0.2) is 22.4 Å². The average molecular weight is 511 g/mol. The Labute approximate surface area is 228 Å². The van der Waals surface area contributed by atoms with Crippen molar-refractivity contribution in [3.63, 3.8) is 0 Å². The lowest BCUT2D eigenvalue weighted by Crippen LogP contribution is -2.31. The molecule has 0 aliphatic rings. The van der Waals surface area contributed by atoms with Crippen molar-refractivity contribution in [2.45, 2.75) is 213 Å². The standard InChI is InChI=1S/C34H70O2/c1-4-6-8-10-12-14-16-18-19-21-23-25-27-29-31-33(34(36)32(3)35)30-28-26-24-22-20-17-15-13-11-9-7-5-2/h32-36H,4-31H2,1-3H3. The summed E-state index contributed by atoms with van der Waals surface area (Å²) in [6, 6.07) is 0. The fourth-order valence-electron chi connectivity index (χ4n) is 5.73. The van der Waals surface area contributed by atoms with E-state index < -0.39 is 12.2 Å². The number of hydrogen-bond acceptors (Lipinski definition) is 2. The summed E-state index contributed by atoms with van der Waals surface area (Å²) in [6.45, 7) is 6.33. The van der Waals surface area contributed by atoms with E-state index in [1.54, 1.807) is 6.92 Å². The van der Waals surface area contributed by atoms with Gasteiger partial charge in [0.15, 0.2) is 0 Å². The number of unbranched alkanes of at least 4 members (excludes halogenated alkanes) is 24. The molecule has 0 bridgehead atoms. The molecule has 0 aromatic rings. The van der Waals surface area contributed by atoms with Crippen LogP contribution in [0.2, 0.25) is 0 Å². The van der Waals surface area contributed by atoms with Gasteiger partial charge in [0, 0.05) is 0 Å². The molecule has 0 rings (SSSR count). The Bertz CT molecular complexity index is 395. The SMILES string of the molecule is CCCCCCCCCCCCCCCCC(CCCCCCCCCCCCCC)C(O)C(C)O. The van der Waals surface area contributed by atoms with Crippen LogP contribution in [0.5, 0.6) is 0 Å². The fourth-order valence-corrected chi connectivity index (χ4v) is 5.73. The van der Waals surface area contributed by atoms with Crippen molar-refractivity contribution >= 4 is 0 Å². The summed E-state index contributed by atoms with van der Waals surface area (Å²) in [5.74, 6) is 0.283. The van der Waals surface area contributed by atoms with E-state index in [1.807, 2.05) is 0 Å². The van der Waals surface area contributed by atoms with Crippen LogP contribution in [0.3, 0.4) is 0 Å². The van der Waals surface area contributed by atoms with Gasteiger partial charge in [0.2, 0.25) is 0 Å². The molecule has 0 aromatic carbocycles. The lowest BCUT2D eigenvalue weighted by Gasteiger charge is -2.25. The number of rotatable bonds is 30. The summed E-state index contributed by atoms with van der Waals surface area (Å²) >= 11 is 0. The number of aliphatic hydroxyl groups is 2. The molecule has 3 unspecified atom stereocenters. The zero-order chi connectivity index (χ0) is 26.5.